The minimum absolute atomic E-state index is 0.321. The van der Waals surface area contributed by atoms with Crippen molar-refractivity contribution in [3.05, 3.63) is 65.2 Å². The standard InChI is InChI=1S/C18H20ClNO2/c1-18(2,3)22-17(21)16(13-9-11-14(19)12-10-13)20-15-7-5-4-6-8-15/h4-12,16,20H,1-3H3. The molecule has 0 radical (unpaired) electrons. The largest absolute Gasteiger partial charge is 0.458 e. The molecule has 0 spiro atoms. The number of hydrogen-bond acceptors (Lipinski definition) is 3. The van der Waals surface area contributed by atoms with Crippen LogP contribution < -0.4 is 5.32 Å². The van der Waals surface area contributed by atoms with E-state index < -0.39 is 11.6 Å². The second-order valence-electron chi connectivity index (χ2n) is 6.03. The Labute approximate surface area is 136 Å². The number of carbonyl (C=O) groups excluding carboxylic acids is 1. The van der Waals surface area contributed by atoms with Crippen LogP contribution in [0.5, 0.6) is 0 Å². The first-order chi connectivity index (χ1) is 10.3. The Balaban J connectivity index is 2.27. The fraction of sp³-hybridized carbons (Fsp3) is 0.278. The van der Waals surface area contributed by atoms with E-state index in [0.717, 1.165) is 11.3 Å². The molecule has 4 heteroatoms. The van der Waals surface area contributed by atoms with Crippen LogP contribution in [0.3, 0.4) is 0 Å². The van der Waals surface area contributed by atoms with Gasteiger partial charge in [-0.3, -0.25) is 0 Å². The fourth-order valence-corrected chi connectivity index (χ4v) is 2.12. The second kappa shape index (κ2) is 6.84. The zero-order chi connectivity index (χ0) is 16.2. The Morgan fingerprint density at radius 2 is 1.64 bits per heavy atom. The summed E-state index contributed by atoms with van der Waals surface area (Å²) in [5.41, 5.74) is 1.12. The topological polar surface area (TPSA) is 38.3 Å². The van der Waals surface area contributed by atoms with Gasteiger partial charge in [0.1, 0.15) is 5.60 Å². The van der Waals surface area contributed by atoms with Gasteiger partial charge in [-0.05, 0) is 50.6 Å². The predicted octanol–water partition coefficient (Wildman–Crippen LogP) is 4.83. The number of para-hydroxylation sites is 1. The lowest BCUT2D eigenvalue weighted by molar-refractivity contribution is -0.156. The van der Waals surface area contributed by atoms with Crippen LogP contribution in [0.25, 0.3) is 0 Å². The monoisotopic (exact) mass is 317 g/mol. The first kappa shape index (κ1) is 16.4. The average Bonchev–Trinajstić information content (AvgIpc) is 2.45. The van der Waals surface area contributed by atoms with E-state index in [0.29, 0.717) is 5.02 Å². The number of anilines is 1. The van der Waals surface area contributed by atoms with Crippen LogP contribution >= 0.6 is 11.6 Å². The summed E-state index contributed by atoms with van der Waals surface area (Å²) in [6.07, 6.45) is 0. The van der Waals surface area contributed by atoms with E-state index in [9.17, 15) is 4.79 Å². The van der Waals surface area contributed by atoms with Crippen molar-refractivity contribution in [1.82, 2.24) is 0 Å². The van der Waals surface area contributed by atoms with Gasteiger partial charge in [0.05, 0.1) is 0 Å². The molecule has 1 unspecified atom stereocenters. The molecule has 1 N–H and O–H groups in total. The first-order valence-corrected chi connectivity index (χ1v) is 7.53. The van der Waals surface area contributed by atoms with Crippen molar-refractivity contribution in [2.75, 3.05) is 5.32 Å². The van der Waals surface area contributed by atoms with Gasteiger partial charge in [-0.15, -0.1) is 0 Å². The van der Waals surface area contributed by atoms with Crippen LogP contribution in [0.4, 0.5) is 5.69 Å². The van der Waals surface area contributed by atoms with E-state index in [1.165, 1.54) is 0 Å². The van der Waals surface area contributed by atoms with E-state index in [2.05, 4.69) is 5.32 Å². The minimum atomic E-state index is -0.584. The summed E-state index contributed by atoms with van der Waals surface area (Å²) in [7, 11) is 0. The van der Waals surface area contributed by atoms with Crippen molar-refractivity contribution in [3.8, 4) is 0 Å². The SMILES string of the molecule is CC(C)(C)OC(=O)C(Nc1ccccc1)c1ccc(Cl)cc1. The summed E-state index contributed by atoms with van der Waals surface area (Å²) in [5.74, 6) is -0.321. The highest BCUT2D eigenvalue weighted by molar-refractivity contribution is 6.30. The Bertz CT molecular complexity index is 618. The van der Waals surface area contributed by atoms with Crippen molar-refractivity contribution in [2.45, 2.75) is 32.4 Å². The highest BCUT2D eigenvalue weighted by atomic mass is 35.5. The number of nitrogens with one attached hydrogen (secondary N) is 1. The van der Waals surface area contributed by atoms with E-state index >= 15 is 0 Å². The van der Waals surface area contributed by atoms with Gasteiger partial charge in [0, 0.05) is 10.7 Å². The van der Waals surface area contributed by atoms with Crippen LogP contribution in [0.2, 0.25) is 5.02 Å². The summed E-state index contributed by atoms with van der Waals surface area (Å²) in [6.45, 7) is 5.56. The normalized spacial score (nSPS) is 12.5. The number of esters is 1. The summed E-state index contributed by atoms with van der Waals surface area (Å²) in [5, 5.41) is 3.85. The van der Waals surface area contributed by atoms with Gasteiger partial charge in [0.15, 0.2) is 6.04 Å². The summed E-state index contributed by atoms with van der Waals surface area (Å²) in [4.78, 5) is 12.5. The fourth-order valence-electron chi connectivity index (χ4n) is 2.00. The highest BCUT2D eigenvalue weighted by Crippen LogP contribution is 2.24. The summed E-state index contributed by atoms with van der Waals surface area (Å²) < 4.78 is 5.52. The van der Waals surface area contributed by atoms with Crippen LogP contribution in [0, 0.1) is 0 Å². The van der Waals surface area contributed by atoms with E-state index in [1.54, 1.807) is 12.1 Å². The maximum atomic E-state index is 12.5. The van der Waals surface area contributed by atoms with Crippen molar-refractivity contribution < 1.29 is 9.53 Å². The predicted molar refractivity (Wildman–Crippen MR) is 90.1 cm³/mol. The number of ether oxygens (including phenoxy) is 1. The molecule has 0 aromatic heterocycles. The second-order valence-corrected chi connectivity index (χ2v) is 6.46. The Hall–Kier alpha value is -2.00. The molecule has 0 saturated heterocycles. The molecule has 0 fully saturated rings. The number of hydrogen-bond donors (Lipinski definition) is 1. The van der Waals surface area contributed by atoms with E-state index in [4.69, 9.17) is 16.3 Å². The van der Waals surface area contributed by atoms with Gasteiger partial charge in [-0.1, -0.05) is 41.9 Å². The lowest BCUT2D eigenvalue weighted by Crippen LogP contribution is -2.31. The van der Waals surface area contributed by atoms with Crippen molar-refractivity contribution in [3.63, 3.8) is 0 Å². The molecule has 0 saturated carbocycles. The molecule has 0 aliphatic rings. The van der Waals surface area contributed by atoms with Gasteiger partial charge >= 0.3 is 5.97 Å². The number of halogens is 1. The van der Waals surface area contributed by atoms with Crippen LogP contribution in [0.15, 0.2) is 54.6 Å². The van der Waals surface area contributed by atoms with E-state index in [-0.39, 0.29) is 5.97 Å². The smallest absolute Gasteiger partial charge is 0.333 e. The molecule has 116 valence electrons. The molecule has 2 aromatic rings. The molecule has 2 aromatic carbocycles. The van der Waals surface area contributed by atoms with Crippen LogP contribution in [-0.4, -0.2) is 11.6 Å². The first-order valence-electron chi connectivity index (χ1n) is 7.15. The molecule has 0 aliphatic carbocycles. The van der Waals surface area contributed by atoms with Gasteiger partial charge < -0.3 is 10.1 Å². The Morgan fingerprint density at radius 1 is 1.05 bits per heavy atom. The number of benzene rings is 2. The Kier molecular flexibility index (Phi) is 5.09. The average molecular weight is 318 g/mol. The van der Waals surface area contributed by atoms with Gasteiger partial charge in [-0.25, -0.2) is 4.79 Å². The van der Waals surface area contributed by atoms with Crippen molar-refractivity contribution in [2.24, 2.45) is 0 Å². The Morgan fingerprint density at radius 3 is 2.18 bits per heavy atom. The number of rotatable bonds is 4. The third kappa shape index (κ3) is 4.78. The van der Waals surface area contributed by atoms with Crippen LogP contribution in [0.1, 0.15) is 32.4 Å². The van der Waals surface area contributed by atoms with Gasteiger partial charge in [0.25, 0.3) is 0 Å². The maximum absolute atomic E-state index is 12.5. The van der Waals surface area contributed by atoms with Crippen molar-refractivity contribution >= 4 is 23.3 Å². The molecule has 2 rings (SSSR count). The molecule has 0 aliphatic heterocycles. The zero-order valence-corrected chi connectivity index (χ0v) is 13.7. The molecule has 0 bridgehead atoms. The van der Waals surface area contributed by atoms with E-state index in [1.807, 2.05) is 63.2 Å². The summed E-state index contributed by atoms with van der Waals surface area (Å²) >= 11 is 5.93. The number of carbonyl (C=O) groups is 1. The molecule has 22 heavy (non-hydrogen) atoms. The molecule has 0 amide bonds. The lowest BCUT2D eigenvalue weighted by atomic mass is 10.1. The lowest BCUT2D eigenvalue weighted by Gasteiger charge is -2.25. The molecule has 0 heterocycles. The molecule has 1 atom stereocenters. The summed E-state index contributed by atoms with van der Waals surface area (Å²) in [6, 6.07) is 16.2. The molecular formula is C18H20ClNO2. The van der Waals surface area contributed by atoms with Gasteiger partial charge in [0.2, 0.25) is 0 Å². The third-order valence-corrected chi connectivity index (χ3v) is 3.18. The molecule has 3 nitrogen and oxygen atoms in total. The minimum Gasteiger partial charge on any atom is -0.458 e. The zero-order valence-electron chi connectivity index (χ0n) is 13.0. The van der Waals surface area contributed by atoms with Crippen molar-refractivity contribution in [1.29, 1.82) is 0 Å². The quantitative estimate of drug-likeness (QED) is 0.820. The maximum Gasteiger partial charge on any atom is 0.333 e. The third-order valence-electron chi connectivity index (χ3n) is 2.93. The highest BCUT2D eigenvalue weighted by Gasteiger charge is 2.26. The molecular weight excluding hydrogens is 298 g/mol. The van der Waals surface area contributed by atoms with Gasteiger partial charge in [-0.2, -0.15) is 0 Å². The van der Waals surface area contributed by atoms with Crippen LogP contribution in [-0.2, 0) is 9.53 Å².